The maximum atomic E-state index is 12.3. The molecule has 2 amide bonds. The van der Waals surface area contributed by atoms with Crippen molar-refractivity contribution in [1.82, 2.24) is 0 Å². The number of benzene rings is 3. The smallest absolute Gasteiger partial charge is 0.243 e. The van der Waals surface area contributed by atoms with Crippen LogP contribution in [0.5, 0.6) is 0 Å². The highest BCUT2D eigenvalue weighted by atomic mass is 16.2. The molecule has 0 bridgehead atoms. The van der Waals surface area contributed by atoms with E-state index in [1.54, 1.807) is 13.0 Å². The largest absolute Gasteiger partial charge is 0.376 e. The summed E-state index contributed by atoms with van der Waals surface area (Å²) in [4.78, 5) is 23.8. The second-order valence-corrected chi connectivity index (χ2v) is 5.91. The average molecular weight is 347 g/mol. The van der Waals surface area contributed by atoms with Gasteiger partial charge in [0.1, 0.15) is 0 Å². The Morgan fingerprint density at radius 2 is 1.54 bits per heavy atom. The van der Waals surface area contributed by atoms with E-state index in [2.05, 4.69) is 16.0 Å². The maximum absolute atomic E-state index is 12.3. The predicted octanol–water partition coefficient (Wildman–Crippen LogP) is 4.24. The third kappa shape index (κ3) is 4.39. The Morgan fingerprint density at radius 3 is 2.38 bits per heavy atom. The van der Waals surface area contributed by atoms with Gasteiger partial charge in [-0.05, 0) is 29.7 Å². The molecule has 0 aliphatic heterocycles. The first-order chi connectivity index (χ1) is 12.7. The molecule has 0 fully saturated rings. The van der Waals surface area contributed by atoms with Gasteiger partial charge in [-0.15, -0.1) is 0 Å². The fourth-order valence-electron chi connectivity index (χ4n) is 2.67. The summed E-state index contributed by atoms with van der Waals surface area (Å²) in [6, 6.07) is 21.0. The Labute approximate surface area is 152 Å². The number of amides is 2. The number of hydrogen-bond acceptors (Lipinski definition) is 3. The van der Waals surface area contributed by atoms with Gasteiger partial charge in [0.25, 0.3) is 0 Å². The van der Waals surface area contributed by atoms with Gasteiger partial charge in [0, 0.05) is 28.9 Å². The summed E-state index contributed by atoms with van der Waals surface area (Å²) in [5.74, 6) is -0.180. The molecular weight excluding hydrogens is 326 g/mol. The number of carbonyl (C=O) groups excluding carboxylic acids is 2. The van der Waals surface area contributed by atoms with Crippen LogP contribution in [0.4, 0.5) is 17.1 Å². The number of rotatable bonds is 6. The molecule has 3 aromatic rings. The first-order valence-electron chi connectivity index (χ1n) is 8.57. The number of hydrogen-bond donors (Lipinski definition) is 3. The normalized spacial score (nSPS) is 10.3. The number of anilines is 3. The zero-order chi connectivity index (χ0) is 18.4. The van der Waals surface area contributed by atoms with E-state index in [1.807, 2.05) is 60.7 Å². The Balaban J connectivity index is 1.62. The van der Waals surface area contributed by atoms with Gasteiger partial charge in [0.15, 0.2) is 0 Å². The molecule has 0 saturated heterocycles. The molecule has 132 valence electrons. The number of carbonyl (C=O) groups is 2. The standard InChI is InChI=1S/C21H21N3O2/c1-2-20(25)23-17-10-6-9-16(13-17)22-14-21(26)24-19-12-5-8-15-7-3-4-11-18(15)19/h3-13,22H,2,14H2,1H3,(H,23,25)(H,24,26). The quantitative estimate of drug-likeness (QED) is 0.625. The van der Waals surface area contributed by atoms with Gasteiger partial charge in [0.2, 0.25) is 11.8 Å². The first-order valence-corrected chi connectivity index (χ1v) is 8.57. The van der Waals surface area contributed by atoms with Crippen molar-refractivity contribution in [1.29, 1.82) is 0 Å². The van der Waals surface area contributed by atoms with Crippen molar-refractivity contribution in [2.45, 2.75) is 13.3 Å². The van der Waals surface area contributed by atoms with Gasteiger partial charge in [-0.1, -0.05) is 49.4 Å². The van der Waals surface area contributed by atoms with E-state index in [9.17, 15) is 9.59 Å². The fraction of sp³-hybridized carbons (Fsp3) is 0.143. The van der Waals surface area contributed by atoms with Crippen LogP contribution in [0.3, 0.4) is 0 Å². The fourth-order valence-corrected chi connectivity index (χ4v) is 2.67. The topological polar surface area (TPSA) is 70.2 Å². The van der Waals surface area contributed by atoms with Crippen molar-refractivity contribution in [2.24, 2.45) is 0 Å². The summed E-state index contributed by atoms with van der Waals surface area (Å²) in [5.41, 5.74) is 2.27. The van der Waals surface area contributed by atoms with E-state index in [4.69, 9.17) is 0 Å². The molecule has 0 aliphatic carbocycles. The van der Waals surface area contributed by atoms with E-state index in [0.717, 1.165) is 22.1 Å². The van der Waals surface area contributed by atoms with Crippen LogP contribution in [0.25, 0.3) is 10.8 Å². The van der Waals surface area contributed by atoms with Gasteiger partial charge in [-0.3, -0.25) is 9.59 Å². The predicted molar refractivity (Wildman–Crippen MR) is 106 cm³/mol. The van der Waals surface area contributed by atoms with Crippen molar-refractivity contribution >= 4 is 39.6 Å². The highest BCUT2D eigenvalue weighted by molar-refractivity contribution is 6.03. The molecule has 5 nitrogen and oxygen atoms in total. The van der Waals surface area contributed by atoms with E-state index < -0.39 is 0 Å². The van der Waals surface area contributed by atoms with Gasteiger partial charge in [0.05, 0.1) is 6.54 Å². The third-order valence-corrected chi connectivity index (χ3v) is 3.98. The second kappa shape index (κ2) is 8.16. The molecule has 0 unspecified atom stereocenters. The molecule has 0 saturated carbocycles. The molecular formula is C21H21N3O2. The van der Waals surface area contributed by atoms with Crippen LogP contribution in [-0.4, -0.2) is 18.4 Å². The lowest BCUT2D eigenvalue weighted by molar-refractivity contribution is -0.116. The van der Waals surface area contributed by atoms with Gasteiger partial charge in [-0.25, -0.2) is 0 Å². The van der Waals surface area contributed by atoms with Crippen molar-refractivity contribution in [3.8, 4) is 0 Å². The highest BCUT2D eigenvalue weighted by Crippen LogP contribution is 2.23. The molecule has 0 spiro atoms. The minimum absolute atomic E-state index is 0.0455. The molecule has 0 aliphatic rings. The minimum atomic E-state index is -0.135. The van der Waals surface area contributed by atoms with Crippen molar-refractivity contribution < 1.29 is 9.59 Å². The van der Waals surface area contributed by atoms with Crippen LogP contribution in [-0.2, 0) is 9.59 Å². The Bertz CT molecular complexity index is 932. The Morgan fingerprint density at radius 1 is 0.808 bits per heavy atom. The van der Waals surface area contributed by atoms with Crippen LogP contribution in [0.2, 0.25) is 0 Å². The molecule has 3 rings (SSSR count). The lowest BCUT2D eigenvalue weighted by Crippen LogP contribution is -2.22. The van der Waals surface area contributed by atoms with Gasteiger partial charge in [-0.2, -0.15) is 0 Å². The third-order valence-electron chi connectivity index (χ3n) is 3.98. The average Bonchev–Trinajstić information content (AvgIpc) is 2.67. The lowest BCUT2D eigenvalue weighted by atomic mass is 10.1. The molecule has 0 heterocycles. The van der Waals surface area contributed by atoms with Crippen LogP contribution in [0, 0.1) is 0 Å². The van der Waals surface area contributed by atoms with Crippen LogP contribution in [0.1, 0.15) is 13.3 Å². The highest BCUT2D eigenvalue weighted by Gasteiger charge is 2.06. The first kappa shape index (κ1) is 17.5. The Hall–Kier alpha value is -3.34. The van der Waals surface area contributed by atoms with Crippen molar-refractivity contribution in [2.75, 3.05) is 22.5 Å². The summed E-state index contributed by atoms with van der Waals surface area (Å²) in [7, 11) is 0. The molecule has 0 aromatic heterocycles. The summed E-state index contributed by atoms with van der Waals surface area (Å²) in [6.45, 7) is 1.93. The lowest BCUT2D eigenvalue weighted by Gasteiger charge is -2.11. The van der Waals surface area contributed by atoms with Crippen molar-refractivity contribution in [3.05, 3.63) is 66.7 Å². The van der Waals surface area contributed by atoms with Crippen LogP contribution in [0.15, 0.2) is 66.7 Å². The van der Waals surface area contributed by atoms with Gasteiger partial charge < -0.3 is 16.0 Å². The van der Waals surface area contributed by atoms with E-state index in [-0.39, 0.29) is 18.4 Å². The molecule has 5 heteroatoms. The molecule has 3 N–H and O–H groups in total. The zero-order valence-electron chi connectivity index (χ0n) is 14.6. The molecule has 0 radical (unpaired) electrons. The zero-order valence-corrected chi connectivity index (χ0v) is 14.6. The number of fused-ring (bicyclic) bond motifs is 1. The summed E-state index contributed by atoms with van der Waals surface area (Å²) in [6.07, 6.45) is 0.422. The van der Waals surface area contributed by atoms with Crippen molar-refractivity contribution in [3.63, 3.8) is 0 Å². The van der Waals surface area contributed by atoms with E-state index in [1.165, 1.54) is 0 Å². The molecule has 0 atom stereocenters. The number of nitrogens with one attached hydrogen (secondary N) is 3. The van der Waals surface area contributed by atoms with Crippen LogP contribution < -0.4 is 16.0 Å². The summed E-state index contributed by atoms with van der Waals surface area (Å²) < 4.78 is 0. The molecule has 26 heavy (non-hydrogen) atoms. The Kier molecular flexibility index (Phi) is 5.49. The second-order valence-electron chi connectivity index (χ2n) is 5.91. The minimum Gasteiger partial charge on any atom is -0.376 e. The maximum Gasteiger partial charge on any atom is 0.243 e. The summed E-state index contributed by atoms with van der Waals surface area (Å²) >= 11 is 0. The summed E-state index contributed by atoms with van der Waals surface area (Å²) in [5, 5.41) is 10.9. The SMILES string of the molecule is CCC(=O)Nc1cccc(NCC(=O)Nc2cccc3ccccc23)c1. The monoisotopic (exact) mass is 347 g/mol. The van der Waals surface area contributed by atoms with E-state index in [0.29, 0.717) is 12.1 Å². The van der Waals surface area contributed by atoms with Crippen LogP contribution >= 0.6 is 0 Å². The van der Waals surface area contributed by atoms with E-state index >= 15 is 0 Å². The molecule has 3 aromatic carbocycles. The van der Waals surface area contributed by atoms with Gasteiger partial charge >= 0.3 is 0 Å².